The lowest BCUT2D eigenvalue weighted by molar-refractivity contribution is -0.140. The van der Waals surface area contributed by atoms with Crippen LogP contribution in [-0.4, -0.2) is 52.1 Å². The smallest absolute Gasteiger partial charge is 0.240 e. The predicted octanol–water partition coefficient (Wildman–Crippen LogP) is 2.12. The molecule has 1 aromatic heterocycles. The fraction of sp³-hybridized carbons (Fsp3) is 0.778. The number of amides is 1. The van der Waals surface area contributed by atoms with Crippen LogP contribution in [0.2, 0.25) is 0 Å². The number of hydrogen-bond donors (Lipinski definition) is 1. The summed E-state index contributed by atoms with van der Waals surface area (Å²) in [6, 6.07) is 0.116. The van der Waals surface area contributed by atoms with Crippen molar-refractivity contribution in [3.8, 4) is 0 Å². The van der Waals surface area contributed by atoms with E-state index in [0.29, 0.717) is 12.5 Å². The number of fused-ring (bicyclic) bond motifs is 4. The van der Waals surface area contributed by atoms with Crippen molar-refractivity contribution in [1.82, 2.24) is 20.0 Å². The van der Waals surface area contributed by atoms with Gasteiger partial charge in [-0.05, 0) is 69.5 Å². The van der Waals surface area contributed by atoms with Crippen LogP contribution < -0.4 is 0 Å². The third-order valence-electron chi connectivity index (χ3n) is 6.09. The van der Waals surface area contributed by atoms with Gasteiger partial charge in [0.2, 0.25) is 5.91 Å². The molecule has 3 saturated heterocycles. The lowest BCUT2D eigenvalue weighted by Crippen LogP contribution is -2.55. The van der Waals surface area contributed by atoms with Gasteiger partial charge in [0.25, 0.3) is 0 Å². The van der Waals surface area contributed by atoms with Crippen LogP contribution in [0.3, 0.4) is 0 Å². The van der Waals surface area contributed by atoms with Crippen LogP contribution in [0.4, 0.5) is 0 Å². The van der Waals surface area contributed by atoms with Crippen LogP contribution in [0.5, 0.6) is 0 Å². The molecule has 0 radical (unpaired) electrons. The highest BCUT2D eigenvalue weighted by Gasteiger charge is 2.38. The Hall–Kier alpha value is -1.36. The Morgan fingerprint density at radius 1 is 1.26 bits per heavy atom. The molecule has 126 valence electrons. The van der Waals surface area contributed by atoms with Gasteiger partial charge in [-0.25, -0.2) is 0 Å². The van der Waals surface area contributed by atoms with Gasteiger partial charge in [0.1, 0.15) is 0 Å². The van der Waals surface area contributed by atoms with E-state index in [4.69, 9.17) is 0 Å². The second-order valence-electron chi connectivity index (χ2n) is 7.61. The SMILES string of the molecule is CN(Cc1n[nH]c2c1CCCCC2)C(=O)C1CC2CCN1CC2. The van der Waals surface area contributed by atoms with Crippen molar-refractivity contribution in [3.63, 3.8) is 0 Å². The number of aryl methyl sites for hydroxylation is 1. The normalized spacial score (nSPS) is 29.9. The molecule has 1 aliphatic carbocycles. The highest BCUT2D eigenvalue weighted by Crippen LogP contribution is 2.32. The van der Waals surface area contributed by atoms with E-state index in [1.165, 1.54) is 43.4 Å². The number of carbonyl (C=O) groups excluding carboxylic acids is 1. The van der Waals surface area contributed by atoms with Crippen molar-refractivity contribution in [2.75, 3.05) is 20.1 Å². The van der Waals surface area contributed by atoms with Crippen molar-refractivity contribution < 1.29 is 4.79 Å². The van der Waals surface area contributed by atoms with Crippen LogP contribution in [0.15, 0.2) is 0 Å². The Balaban J connectivity index is 1.44. The summed E-state index contributed by atoms with van der Waals surface area (Å²) in [5, 5.41) is 7.74. The van der Waals surface area contributed by atoms with Crippen molar-refractivity contribution in [2.24, 2.45) is 5.92 Å². The zero-order chi connectivity index (χ0) is 15.8. The van der Waals surface area contributed by atoms with Crippen LogP contribution in [0.1, 0.15) is 55.5 Å². The average Bonchev–Trinajstić information content (AvgIpc) is 2.82. The number of aromatic amines is 1. The number of nitrogens with zero attached hydrogens (tertiary/aromatic N) is 3. The summed E-state index contributed by atoms with van der Waals surface area (Å²) in [5.41, 5.74) is 3.78. The number of hydrogen-bond acceptors (Lipinski definition) is 3. The molecular formula is C18H28N4O. The molecule has 1 aromatic rings. The molecule has 0 aromatic carbocycles. The standard InChI is InChI=1S/C18H28N4O/c1-21(18(23)17-11-13-7-9-22(17)10-8-13)12-16-14-5-3-2-4-6-15(14)19-20-16/h13,17H,2-12H2,1H3,(H,19,20). The third-order valence-corrected chi connectivity index (χ3v) is 6.09. The maximum atomic E-state index is 12.9. The first-order chi connectivity index (χ1) is 11.2. The molecule has 0 spiro atoms. The summed E-state index contributed by atoms with van der Waals surface area (Å²) in [4.78, 5) is 17.2. The topological polar surface area (TPSA) is 52.2 Å². The van der Waals surface area contributed by atoms with Gasteiger partial charge in [-0.1, -0.05) is 6.42 Å². The molecule has 4 heterocycles. The molecule has 4 aliphatic rings. The van der Waals surface area contributed by atoms with Crippen molar-refractivity contribution in [2.45, 2.75) is 64.0 Å². The third kappa shape index (κ3) is 2.91. The van der Waals surface area contributed by atoms with E-state index < -0.39 is 0 Å². The Bertz CT molecular complexity index is 574. The maximum absolute atomic E-state index is 12.9. The second kappa shape index (κ2) is 6.27. The van der Waals surface area contributed by atoms with Crippen LogP contribution in [-0.2, 0) is 24.2 Å². The molecule has 23 heavy (non-hydrogen) atoms. The van der Waals surface area contributed by atoms with Gasteiger partial charge in [-0.15, -0.1) is 0 Å². The molecule has 5 rings (SSSR count). The van der Waals surface area contributed by atoms with Gasteiger partial charge < -0.3 is 4.90 Å². The first-order valence-corrected chi connectivity index (χ1v) is 9.26. The van der Waals surface area contributed by atoms with Gasteiger partial charge in [-0.3, -0.25) is 14.8 Å². The van der Waals surface area contributed by atoms with E-state index in [1.54, 1.807) is 0 Å². The molecular weight excluding hydrogens is 288 g/mol. The van der Waals surface area contributed by atoms with Crippen LogP contribution in [0.25, 0.3) is 0 Å². The molecule has 1 amide bonds. The summed E-state index contributed by atoms with van der Waals surface area (Å²) < 4.78 is 0. The second-order valence-corrected chi connectivity index (χ2v) is 7.61. The highest BCUT2D eigenvalue weighted by atomic mass is 16.2. The quantitative estimate of drug-likeness (QED) is 0.869. The number of H-pyrrole nitrogens is 1. The monoisotopic (exact) mass is 316 g/mol. The zero-order valence-corrected chi connectivity index (χ0v) is 14.2. The molecule has 5 nitrogen and oxygen atoms in total. The molecule has 3 fully saturated rings. The summed E-state index contributed by atoms with van der Waals surface area (Å²) in [7, 11) is 1.95. The Morgan fingerprint density at radius 2 is 2.04 bits per heavy atom. The van der Waals surface area contributed by atoms with Gasteiger partial charge in [0.05, 0.1) is 18.3 Å². The zero-order valence-electron chi connectivity index (χ0n) is 14.2. The molecule has 1 unspecified atom stereocenters. The Labute approximate surface area is 138 Å². The molecule has 2 bridgehead atoms. The summed E-state index contributed by atoms with van der Waals surface area (Å²) >= 11 is 0. The first-order valence-electron chi connectivity index (χ1n) is 9.26. The number of rotatable bonds is 3. The van der Waals surface area contributed by atoms with E-state index >= 15 is 0 Å². The van der Waals surface area contributed by atoms with Gasteiger partial charge in [0, 0.05) is 12.7 Å². The summed E-state index contributed by atoms with van der Waals surface area (Å²) in [5.74, 6) is 1.06. The number of nitrogens with one attached hydrogen (secondary N) is 1. The molecule has 0 saturated carbocycles. The number of piperidine rings is 3. The Morgan fingerprint density at radius 3 is 2.78 bits per heavy atom. The minimum absolute atomic E-state index is 0.116. The average molecular weight is 316 g/mol. The predicted molar refractivity (Wildman–Crippen MR) is 89.0 cm³/mol. The van der Waals surface area contributed by atoms with Crippen molar-refractivity contribution in [3.05, 3.63) is 17.0 Å². The van der Waals surface area contributed by atoms with Gasteiger partial charge in [-0.2, -0.15) is 5.10 Å². The van der Waals surface area contributed by atoms with E-state index in [0.717, 1.165) is 44.0 Å². The maximum Gasteiger partial charge on any atom is 0.240 e. The fourth-order valence-electron chi connectivity index (χ4n) is 4.64. The summed E-state index contributed by atoms with van der Waals surface area (Å²) in [6.45, 7) is 2.86. The number of likely N-dealkylation sites (N-methyl/N-ethyl adjacent to an activating group) is 1. The van der Waals surface area contributed by atoms with Crippen molar-refractivity contribution >= 4 is 5.91 Å². The van der Waals surface area contributed by atoms with Crippen LogP contribution >= 0.6 is 0 Å². The van der Waals surface area contributed by atoms with E-state index in [-0.39, 0.29) is 6.04 Å². The molecule has 1 N–H and O–H groups in total. The largest absolute Gasteiger partial charge is 0.338 e. The first kappa shape index (κ1) is 15.2. The summed E-state index contributed by atoms with van der Waals surface area (Å²) in [6.07, 6.45) is 9.63. The Kier molecular flexibility index (Phi) is 4.14. The van der Waals surface area contributed by atoms with Crippen LogP contribution in [0, 0.1) is 5.92 Å². The highest BCUT2D eigenvalue weighted by molar-refractivity contribution is 5.82. The molecule has 1 atom stereocenters. The minimum Gasteiger partial charge on any atom is -0.338 e. The lowest BCUT2D eigenvalue weighted by atomic mass is 9.83. The van der Waals surface area contributed by atoms with E-state index in [9.17, 15) is 4.79 Å². The lowest BCUT2D eigenvalue weighted by Gasteiger charge is -2.45. The van der Waals surface area contributed by atoms with Crippen molar-refractivity contribution in [1.29, 1.82) is 0 Å². The number of carbonyl (C=O) groups is 1. The molecule has 5 heteroatoms. The van der Waals surface area contributed by atoms with E-state index in [2.05, 4.69) is 15.1 Å². The fourth-order valence-corrected chi connectivity index (χ4v) is 4.64. The minimum atomic E-state index is 0.116. The van der Waals surface area contributed by atoms with Gasteiger partial charge in [0.15, 0.2) is 0 Å². The van der Waals surface area contributed by atoms with E-state index in [1.807, 2.05) is 11.9 Å². The van der Waals surface area contributed by atoms with Gasteiger partial charge >= 0.3 is 0 Å². The molecule has 3 aliphatic heterocycles. The number of aromatic nitrogens is 2.